The number of nitrogens with zero attached hydrogens (tertiary/aromatic N) is 2. The summed E-state index contributed by atoms with van der Waals surface area (Å²) >= 11 is 0. The van der Waals surface area contributed by atoms with Crippen LogP contribution in [0.5, 0.6) is 5.75 Å². The Morgan fingerprint density at radius 1 is 1.04 bits per heavy atom. The normalized spacial score (nSPS) is 19.9. The molecule has 0 saturated heterocycles. The summed E-state index contributed by atoms with van der Waals surface area (Å²) in [6.07, 6.45) is 3.30. The van der Waals surface area contributed by atoms with Crippen molar-refractivity contribution in [3.63, 3.8) is 0 Å². The number of hydrogen-bond acceptors (Lipinski definition) is 4. The highest BCUT2D eigenvalue weighted by Gasteiger charge is 2.49. The van der Waals surface area contributed by atoms with Gasteiger partial charge in [-0.3, -0.25) is 0 Å². The zero-order valence-electron chi connectivity index (χ0n) is 16.5. The van der Waals surface area contributed by atoms with E-state index in [-0.39, 0.29) is 23.3 Å². The van der Waals surface area contributed by atoms with Gasteiger partial charge in [-0.05, 0) is 28.8 Å². The van der Waals surface area contributed by atoms with Gasteiger partial charge >= 0.3 is 5.97 Å². The maximum atomic E-state index is 12.3. The molecule has 28 heavy (non-hydrogen) atoms. The standard InChI is InChI=1S/C23H24N2O3/c1-23(2)20(15-9-11-16(27-3)12-10-15)17-7-5-6-8-18(17)21(23)25-14-24-13-19(25)22(26)28-4/h5-14,20-21H,1-4H3/t20-,21-/m1/s1. The van der Waals surface area contributed by atoms with Gasteiger partial charge in [0, 0.05) is 11.3 Å². The summed E-state index contributed by atoms with van der Waals surface area (Å²) in [5.41, 5.74) is 3.97. The average Bonchev–Trinajstić information content (AvgIpc) is 3.26. The van der Waals surface area contributed by atoms with Crippen LogP contribution >= 0.6 is 0 Å². The number of imidazole rings is 1. The Hall–Kier alpha value is -3.08. The van der Waals surface area contributed by atoms with Crippen molar-refractivity contribution in [2.45, 2.75) is 25.8 Å². The topological polar surface area (TPSA) is 53.3 Å². The van der Waals surface area contributed by atoms with E-state index in [2.05, 4.69) is 49.2 Å². The Morgan fingerprint density at radius 3 is 2.36 bits per heavy atom. The van der Waals surface area contributed by atoms with E-state index in [0.29, 0.717) is 5.69 Å². The lowest BCUT2D eigenvalue weighted by atomic mass is 9.73. The molecule has 0 radical (unpaired) electrons. The minimum Gasteiger partial charge on any atom is -0.497 e. The Kier molecular flexibility index (Phi) is 4.46. The van der Waals surface area contributed by atoms with Crippen LogP contribution in [0, 0.1) is 5.41 Å². The molecule has 0 saturated carbocycles. The highest BCUT2D eigenvalue weighted by molar-refractivity contribution is 5.87. The molecule has 144 valence electrons. The Bertz CT molecular complexity index is 1000. The highest BCUT2D eigenvalue weighted by Crippen LogP contribution is 2.58. The van der Waals surface area contributed by atoms with E-state index in [0.717, 1.165) is 5.75 Å². The first-order valence-electron chi connectivity index (χ1n) is 9.32. The molecule has 5 heteroatoms. The first kappa shape index (κ1) is 18.3. The number of rotatable bonds is 4. The fourth-order valence-corrected chi connectivity index (χ4v) is 4.67. The predicted molar refractivity (Wildman–Crippen MR) is 107 cm³/mol. The van der Waals surface area contributed by atoms with E-state index in [1.54, 1.807) is 19.6 Å². The lowest BCUT2D eigenvalue weighted by Gasteiger charge is -2.35. The zero-order valence-corrected chi connectivity index (χ0v) is 16.5. The predicted octanol–water partition coefficient (Wildman–Crippen LogP) is 4.44. The number of methoxy groups -OCH3 is 2. The van der Waals surface area contributed by atoms with Gasteiger partial charge < -0.3 is 14.0 Å². The van der Waals surface area contributed by atoms with Gasteiger partial charge in [-0.1, -0.05) is 50.2 Å². The largest absolute Gasteiger partial charge is 0.497 e. The summed E-state index contributed by atoms with van der Waals surface area (Å²) in [6, 6.07) is 16.7. The second kappa shape index (κ2) is 6.82. The molecule has 1 aliphatic carbocycles. The van der Waals surface area contributed by atoms with Crippen LogP contribution in [0.3, 0.4) is 0 Å². The summed E-state index contributed by atoms with van der Waals surface area (Å²) in [5, 5.41) is 0. The first-order valence-corrected chi connectivity index (χ1v) is 9.32. The highest BCUT2D eigenvalue weighted by atomic mass is 16.5. The maximum Gasteiger partial charge on any atom is 0.356 e. The van der Waals surface area contributed by atoms with Gasteiger partial charge in [0.05, 0.1) is 32.8 Å². The lowest BCUT2D eigenvalue weighted by Crippen LogP contribution is -2.29. The van der Waals surface area contributed by atoms with Gasteiger partial charge in [-0.15, -0.1) is 0 Å². The molecule has 0 spiro atoms. The monoisotopic (exact) mass is 376 g/mol. The van der Waals surface area contributed by atoms with E-state index in [4.69, 9.17) is 9.47 Å². The summed E-state index contributed by atoms with van der Waals surface area (Å²) in [5.74, 6) is 0.637. The van der Waals surface area contributed by atoms with Crippen LogP contribution in [-0.2, 0) is 4.74 Å². The molecular weight excluding hydrogens is 352 g/mol. The van der Waals surface area contributed by atoms with Gasteiger partial charge in [0.2, 0.25) is 0 Å². The fraction of sp³-hybridized carbons (Fsp3) is 0.304. The summed E-state index contributed by atoms with van der Waals surface area (Å²) in [4.78, 5) is 16.5. The molecule has 0 unspecified atom stereocenters. The van der Waals surface area contributed by atoms with Gasteiger partial charge in [0.1, 0.15) is 11.4 Å². The Morgan fingerprint density at radius 2 is 1.71 bits per heavy atom. The van der Waals surface area contributed by atoms with Crippen LogP contribution in [0.1, 0.15) is 53.0 Å². The van der Waals surface area contributed by atoms with E-state index in [1.165, 1.54) is 23.8 Å². The molecule has 0 amide bonds. The number of aromatic nitrogens is 2. The minimum atomic E-state index is -0.376. The average molecular weight is 376 g/mol. The minimum absolute atomic E-state index is 0.0348. The van der Waals surface area contributed by atoms with Crippen molar-refractivity contribution in [3.05, 3.63) is 83.4 Å². The number of ether oxygens (including phenoxy) is 2. The van der Waals surface area contributed by atoms with Gasteiger partial charge in [0.25, 0.3) is 0 Å². The lowest BCUT2D eigenvalue weighted by molar-refractivity contribution is 0.0582. The van der Waals surface area contributed by atoms with Crippen molar-refractivity contribution in [1.82, 2.24) is 9.55 Å². The third-order valence-electron chi connectivity index (χ3n) is 5.84. The molecule has 2 atom stereocenters. The molecule has 2 aromatic carbocycles. The molecule has 0 aliphatic heterocycles. The van der Waals surface area contributed by atoms with Crippen molar-refractivity contribution < 1.29 is 14.3 Å². The fourth-order valence-electron chi connectivity index (χ4n) is 4.67. The first-order chi connectivity index (χ1) is 13.5. The van der Waals surface area contributed by atoms with Crippen LogP contribution in [0.4, 0.5) is 0 Å². The third kappa shape index (κ3) is 2.70. The van der Waals surface area contributed by atoms with Gasteiger partial charge in [-0.2, -0.15) is 0 Å². The quantitative estimate of drug-likeness (QED) is 0.632. The Labute approximate surface area is 164 Å². The van der Waals surface area contributed by atoms with Crippen LogP contribution in [0.25, 0.3) is 0 Å². The van der Waals surface area contributed by atoms with Gasteiger partial charge in [-0.25, -0.2) is 9.78 Å². The number of hydrogen-bond donors (Lipinski definition) is 0. The number of carbonyl (C=O) groups excluding carboxylic acids is 1. The van der Waals surface area contributed by atoms with Crippen molar-refractivity contribution in [2.75, 3.05) is 14.2 Å². The van der Waals surface area contributed by atoms with Crippen LogP contribution < -0.4 is 4.74 Å². The number of benzene rings is 2. The molecule has 3 aromatic rings. The number of esters is 1. The molecular formula is C23H24N2O3. The summed E-state index contributed by atoms with van der Waals surface area (Å²) in [7, 11) is 3.07. The Balaban J connectivity index is 1.88. The van der Waals surface area contributed by atoms with Crippen LogP contribution in [-0.4, -0.2) is 29.7 Å². The SMILES string of the molecule is COC(=O)c1cncn1[C@@H]1c2ccccc2[C@@H](c2ccc(OC)cc2)C1(C)C. The summed E-state index contributed by atoms with van der Waals surface area (Å²) < 4.78 is 12.3. The third-order valence-corrected chi connectivity index (χ3v) is 5.84. The van der Waals surface area contributed by atoms with Crippen LogP contribution in [0.15, 0.2) is 61.1 Å². The smallest absolute Gasteiger partial charge is 0.356 e. The van der Waals surface area contributed by atoms with Crippen LogP contribution in [0.2, 0.25) is 0 Å². The molecule has 0 bridgehead atoms. The van der Waals surface area contributed by atoms with E-state index >= 15 is 0 Å². The second-order valence-electron chi connectivity index (χ2n) is 7.74. The molecule has 5 nitrogen and oxygen atoms in total. The zero-order chi connectivity index (χ0) is 19.9. The van der Waals surface area contributed by atoms with Crippen molar-refractivity contribution in [3.8, 4) is 5.75 Å². The van der Waals surface area contributed by atoms with E-state index in [1.807, 2.05) is 22.8 Å². The molecule has 0 N–H and O–H groups in total. The number of fused-ring (bicyclic) bond motifs is 1. The molecule has 1 heterocycles. The maximum absolute atomic E-state index is 12.3. The van der Waals surface area contributed by atoms with Crippen molar-refractivity contribution >= 4 is 5.97 Å². The molecule has 1 aromatic heterocycles. The second-order valence-corrected chi connectivity index (χ2v) is 7.74. The molecule has 4 rings (SSSR count). The number of carbonyl (C=O) groups is 1. The molecule has 1 aliphatic rings. The summed E-state index contributed by atoms with van der Waals surface area (Å²) in [6.45, 7) is 4.49. The van der Waals surface area contributed by atoms with E-state index < -0.39 is 0 Å². The van der Waals surface area contributed by atoms with Gasteiger partial charge in [0.15, 0.2) is 0 Å². The van der Waals surface area contributed by atoms with Crippen molar-refractivity contribution in [2.24, 2.45) is 5.41 Å². The van der Waals surface area contributed by atoms with E-state index in [9.17, 15) is 4.79 Å². The molecule has 0 fully saturated rings. The van der Waals surface area contributed by atoms with Crippen molar-refractivity contribution in [1.29, 1.82) is 0 Å².